The average Bonchev–Trinajstić information content (AvgIpc) is 2.05. The van der Waals surface area contributed by atoms with Gasteiger partial charge in [-0.15, -0.1) is 0 Å². The predicted molar refractivity (Wildman–Crippen MR) is 55.5 cm³/mol. The van der Waals surface area contributed by atoms with Crippen molar-refractivity contribution in [2.45, 2.75) is 39.2 Å². The topological polar surface area (TPSA) is 20.2 Å². The van der Waals surface area contributed by atoms with Gasteiger partial charge in [0.2, 0.25) is 0 Å². The Morgan fingerprint density at radius 2 is 1.92 bits per heavy atom. The summed E-state index contributed by atoms with van der Waals surface area (Å²) in [6, 6.07) is 0. The Balaban J connectivity index is 2.24. The SMILES string of the molecule is CC(C)CC(O)C1CCSCC1. The van der Waals surface area contributed by atoms with Gasteiger partial charge in [-0.1, -0.05) is 13.8 Å². The largest absolute Gasteiger partial charge is 0.393 e. The van der Waals surface area contributed by atoms with Crippen LogP contribution in [0, 0.1) is 11.8 Å². The summed E-state index contributed by atoms with van der Waals surface area (Å²) in [5.74, 6) is 3.72. The van der Waals surface area contributed by atoms with Crippen LogP contribution in [-0.4, -0.2) is 22.7 Å². The predicted octanol–water partition coefficient (Wildman–Crippen LogP) is 2.54. The molecule has 12 heavy (non-hydrogen) atoms. The maximum Gasteiger partial charge on any atom is 0.0571 e. The zero-order valence-electron chi connectivity index (χ0n) is 8.12. The molecule has 1 heterocycles. The minimum absolute atomic E-state index is 0.0362. The first-order valence-corrected chi connectivity index (χ1v) is 6.11. The second-order valence-electron chi connectivity index (χ2n) is 4.15. The monoisotopic (exact) mass is 188 g/mol. The Kier molecular flexibility index (Phi) is 4.44. The van der Waals surface area contributed by atoms with E-state index in [4.69, 9.17) is 0 Å². The van der Waals surface area contributed by atoms with Crippen molar-refractivity contribution in [3.05, 3.63) is 0 Å². The normalized spacial score (nSPS) is 23.0. The van der Waals surface area contributed by atoms with Crippen LogP contribution in [0.25, 0.3) is 0 Å². The Bertz CT molecular complexity index is 119. The highest BCUT2D eigenvalue weighted by atomic mass is 32.2. The maximum absolute atomic E-state index is 9.84. The van der Waals surface area contributed by atoms with Crippen molar-refractivity contribution in [2.75, 3.05) is 11.5 Å². The van der Waals surface area contributed by atoms with Gasteiger partial charge in [-0.2, -0.15) is 11.8 Å². The van der Waals surface area contributed by atoms with Gasteiger partial charge in [0.25, 0.3) is 0 Å². The molecular formula is C10H20OS. The van der Waals surface area contributed by atoms with Crippen LogP contribution in [0.4, 0.5) is 0 Å². The molecular weight excluding hydrogens is 168 g/mol. The molecule has 0 aromatic heterocycles. The van der Waals surface area contributed by atoms with E-state index in [1.54, 1.807) is 0 Å². The van der Waals surface area contributed by atoms with Crippen molar-refractivity contribution in [3.63, 3.8) is 0 Å². The van der Waals surface area contributed by atoms with Gasteiger partial charge in [-0.25, -0.2) is 0 Å². The van der Waals surface area contributed by atoms with E-state index in [-0.39, 0.29) is 6.10 Å². The molecule has 0 aromatic rings. The average molecular weight is 188 g/mol. The quantitative estimate of drug-likeness (QED) is 0.734. The molecule has 1 nitrogen and oxygen atoms in total. The van der Waals surface area contributed by atoms with Crippen molar-refractivity contribution < 1.29 is 5.11 Å². The van der Waals surface area contributed by atoms with Crippen LogP contribution in [0.5, 0.6) is 0 Å². The number of hydrogen-bond acceptors (Lipinski definition) is 2. The molecule has 1 aliphatic heterocycles. The Morgan fingerprint density at radius 1 is 1.33 bits per heavy atom. The minimum Gasteiger partial charge on any atom is -0.393 e. The van der Waals surface area contributed by atoms with Gasteiger partial charge in [0.15, 0.2) is 0 Å². The summed E-state index contributed by atoms with van der Waals surface area (Å²) >= 11 is 2.02. The molecule has 1 unspecified atom stereocenters. The maximum atomic E-state index is 9.84. The molecule has 1 fully saturated rings. The van der Waals surface area contributed by atoms with Crippen LogP contribution in [0.2, 0.25) is 0 Å². The van der Waals surface area contributed by atoms with Crippen LogP contribution in [0.15, 0.2) is 0 Å². The summed E-state index contributed by atoms with van der Waals surface area (Å²) in [5, 5.41) is 9.84. The Morgan fingerprint density at radius 3 is 2.42 bits per heavy atom. The summed E-state index contributed by atoms with van der Waals surface area (Å²) in [4.78, 5) is 0. The molecule has 1 rings (SSSR count). The van der Waals surface area contributed by atoms with Crippen molar-refractivity contribution in [2.24, 2.45) is 11.8 Å². The molecule has 0 spiro atoms. The van der Waals surface area contributed by atoms with Gasteiger partial charge < -0.3 is 5.11 Å². The smallest absolute Gasteiger partial charge is 0.0571 e. The molecule has 0 bridgehead atoms. The van der Waals surface area contributed by atoms with Crippen LogP contribution in [0.1, 0.15) is 33.1 Å². The zero-order valence-corrected chi connectivity index (χ0v) is 8.94. The third-order valence-corrected chi connectivity index (χ3v) is 3.57. The van der Waals surface area contributed by atoms with Crippen molar-refractivity contribution in [1.82, 2.24) is 0 Å². The van der Waals surface area contributed by atoms with E-state index in [9.17, 15) is 5.11 Å². The molecule has 2 heteroatoms. The fraction of sp³-hybridized carbons (Fsp3) is 1.00. The number of aliphatic hydroxyl groups excluding tert-OH is 1. The molecule has 0 amide bonds. The van der Waals surface area contributed by atoms with E-state index in [1.807, 2.05) is 11.8 Å². The molecule has 1 N–H and O–H groups in total. The lowest BCUT2D eigenvalue weighted by molar-refractivity contribution is 0.0820. The Hall–Kier alpha value is 0.310. The fourth-order valence-corrected chi connectivity index (χ4v) is 2.92. The van der Waals surface area contributed by atoms with E-state index in [1.165, 1.54) is 24.3 Å². The number of rotatable bonds is 3. The van der Waals surface area contributed by atoms with Crippen LogP contribution >= 0.6 is 11.8 Å². The summed E-state index contributed by atoms with van der Waals surface area (Å²) in [7, 11) is 0. The first-order valence-electron chi connectivity index (χ1n) is 4.96. The third kappa shape index (κ3) is 3.36. The molecule has 0 aliphatic carbocycles. The van der Waals surface area contributed by atoms with E-state index in [2.05, 4.69) is 13.8 Å². The lowest BCUT2D eigenvalue weighted by atomic mass is 9.90. The molecule has 72 valence electrons. The molecule has 0 saturated carbocycles. The van der Waals surface area contributed by atoms with Crippen molar-refractivity contribution >= 4 is 11.8 Å². The molecule has 1 aliphatic rings. The summed E-state index contributed by atoms with van der Waals surface area (Å²) < 4.78 is 0. The summed E-state index contributed by atoms with van der Waals surface area (Å²) in [5.41, 5.74) is 0. The first kappa shape index (κ1) is 10.4. The number of aliphatic hydroxyl groups is 1. The van der Waals surface area contributed by atoms with Gasteiger partial charge in [0, 0.05) is 0 Å². The summed E-state index contributed by atoms with van der Waals surface area (Å²) in [6.07, 6.45) is 3.39. The van der Waals surface area contributed by atoms with E-state index < -0.39 is 0 Å². The van der Waals surface area contributed by atoms with E-state index in [0.717, 1.165) is 6.42 Å². The third-order valence-electron chi connectivity index (χ3n) is 2.52. The number of thioether (sulfide) groups is 1. The number of hydrogen-bond donors (Lipinski definition) is 1. The van der Waals surface area contributed by atoms with Crippen LogP contribution in [-0.2, 0) is 0 Å². The second kappa shape index (κ2) is 5.13. The zero-order chi connectivity index (χ0) is 8.97. The van der Waals surface area contributed by atoms with E-state index in [0.29, 0.717) is 11.8 Å². The fourth-order valence-electron chi connectivity index (χ4n) is 1.78. The van der Waals surface area contributed by atoms with Crippen molar-refractivity contribution in [1.29, 1.82) is 0 Å². The van der Waals surface area contributed by atoms with Gasteiger partial charge in [-0.05, 0) is 42.6 Å². The summed E-state index contributed by atoms with van der Waals surface area (Å²) in [6.45, 7) is 4.36. The van der Waals surface area contributed by atoms with Crippen molar-refractivity contribution in [3.8, 4) is 0 Å². The first-order chi connectivity index (χ1) is 5.70. The van der Waals surface area contributed by atoms with E-state index >= 15 is 0 Å². The molecule has 1 atom stereocenters. The van der Waals surface area contributed by atoms with Gasteiger partial charge in [0.05, 0.1) is 6.10 Å². The molecule has 0 aromatic carbocycles. The minimum atomic E-state index is -0.0362. The standard InChI is InChI=1S/C10H20OS/c1-8(2)7-10(11)9-3-5-12-6-4-9/h8-11H,3-7H2,1-2H3. The Labute approximate surface area is 79.9 Å². The lowest BCUT2D eigenvalue weighted by Crippen LogP contribution is -2.25. The van der Waals surface area contributed by atoms with Gasteiger partial charge in [0.1, 0.15) is 0 Å². The van der Waals surface area contributed by atoms with Gasteiger partial charge in [-0.3, -0.25) is 0 Å². The van der Waals surface area contributed by atoms with Gasteiger partial charge >= 0.3 is 0 Å². The van der Waals surface area contributed by atoms with Crippen LogP contribution < -0.4 is 0 Å². The lowest BCUT2D eigenvalue weighted by Gasteiger charge is -2.27. The van der Waals surface area contributed by atoms with Crippen LogP contribution in [0.3, 0.4) is 0 Å². The second-order valence-corrected chi connectivity index (χ2v) is 5.37. The highest BCUT2D eigenvalue weighted by Gasteiger charge is 2.22. The molecule has 0 radical (unpaired) electrons. The molecule has 1 saturated heterocycles. The highest BCUT2D eigenvalue weighted by Crippen LogP contribution is 2.27. The highest BCUT2D eigenvalue weighted by molar-refractivity contribution is 7.99.